The van der Waals surface area contributed by atoms with E-state index >= 15 is 0 Å². The summed E-state index contributed by atoms with van der Waals surface area (Å²) < 4.78 is 4.91. The summed E-state index contributed by atoms with van der Waals surface area (Å²) >= 11 is 0. The van der Waals surface area contributed by atoms with E-state index in [0.29, 0.717) is 11.8 Å². The molecule has 0 aromatic carbocycles. The zero-order valence-electron chi connectivity index (χ0n) is 9.08. The highest BCUT2D eigenvalue weighted by atomic mass is 16.5. The molecule has 2 atom stereocenters. The van der Waals surface area contributed by atoms with Crippen LogP contribution in [0.3, 0.4) is 0 Å². The van der Waals surface area contributed by atoms with Crippen LogP contribution in [0.4, 0.5) is 0 Å². The number of aromatic amines is 1. The monoisotopic (exact) mass is 219 g/mol. The predicted molar refractivity (Wildman–Crippen MR) is 59.2 cm³/mol. The fraction of sp³-hybridized carbons (Fsp3) is 0.500. The molecular weight excluding hydrogens is 206 g/mol. The Bertz CT molecular complexity index is 561. The second-order valence-corrected chi connectivity index (χ2v) is 4.57. The molecule has 1 fully saturated rings. The zero-order valence-corrected chi connectivity index (χ0v) is 9.08. The summed E-state index contributed by atoms with van der Waals surface area (Å²) in [5.41, 5.74) is 1.32. The molecule has 0 saturated heterocycles. The lowest BCUT2D eigenvalue weighted by Crippen LogP contribution is -2.11. The Hall–Kier alpha value is -1.58. The molecule has 1 saturated carbocycles. The lowest BCUT2D eigenvalue weighted by Gasteiger charge is -2.09. The molecule has 1 aromatic rings. The van der Waals surface area contributed by atoms with Crippen LogP contribution < -0.4 is 15.7 Å². The maximum Gasteiger partial charge on any atom is 0.290 e. The standard InChI is InChI=1S/C12H13NO3/c1-16-9-5-8(14)10-6-2-3-7(4-6)11(10)13-12(9)15/h5-7H,2-4H2,1H3,(H,13,15)/t6-,7+/m0/s1. The van der Waals surface area contributed by atoms with Crippen molar-refractivity contribution in [3.05, 3.63) is 37.9 Å². The van der Waals surface area contributed by atoms with Crippen LogP contribution >= 0.6 is 0 Å². The Labute approximate surface area is 92.3 Å². The van der Waals surface area contributed by atoms with Crippen molar-refractivity contribution in [1.82, 2.24) is 4.98 Å². The average Bonchev–Trinajstić information content (AvgIpc) is 2.82. The number of H-pyrrole nitrogens is 1. The van der Waals surface area contributed by atoms with Crippen molar-refractivity contribution in [3.63, 3.8) is 0 Å². The Kier molecular flexibility index (Phi) is 1.93. The summed E-state index contributed by atoms with van der Waals surface area (Å²) in [6, 6.07) is 1.32. The third-order valence-corrected chi connectivity index (χ3v) is 3.76. The van der Waals surface area contributed by atoms with E-state index in [-0.39, 0.29) is 16.7 Å². The normalized spacial score (nSPS) is 25.6. The molecule has 1 heterocycles. The molecule has 16 heavy (non-hydrogen) atoms. The van der Waals surface area contributed by atoms with E-state index in [1.165, 1.54) is 13.2 Å². The number of hydrogen-bond acceptors (Lipinski definition) is 3. The first-order valence-corrected chi connectivity index (χ1v) is 5.56. The second-order valence-electron chi connectivity index (χ2n) is 4.57. The molecule has 3 rings (SSSR count). The summed E-state index contributed by atoms with van der Waals surface area (Å²) in [7, 11) is 1.41. The highest BCUT2D eigenvalue weighted by molar-refractivity contribution is 5.37. The molecule has 1 aromatic heterocycles. The lowest BCUT2D eigenvalue weighted by molar-refractivity contribution is 0.408. The minimum Gasteiger partial charge on any atom is -0.491 e. The van der Waals surface area contributed by atoms with Gasteiger partial charge >= 0.3 is 0 Å². The molecule has 2 aliphatic rings. The highest BCUT2D eigenvalue weighted by Gasteiger charge is 2.39. The number of aromatic nitrogens is 1. The summed E-state index contributed by atoms with van der Waals surface area (Å²) in [6.45, 7) is 0. The van der Waals surface area contributed by atoms with Gasteiger partial charge in [-0.15, -0.1) is 0 Å². The van der Waals surface area contributed by atoms with Crippen molar-refractivity contribution in [1.29, 1.82) is 0 Å². The first-order valence-electron chi connectivity index (χ1n) is 5.56. The van der Waals surface area contributed by atoms with E-state index < -0.39 is 0 Å². The van der Waals surface area contributed by atoms with Crippen molar-refractivity contribution >= 4 is 0 Å². The van der Waals surface area contributed by atoms with Gasteiger partial charge in [-0.3, -0.25) is 9.59 Å². The Morgan fingerprint density at radius 2 is 2.06 bits per heavy atom. The van der Waals surface area contributed by atoms with Crippen LogP contribution in [0.2, 0.25) is 0 Å². The fourth-order valence-electron chi connectivity index (χ4n) is 3.05. The van der Waals surface area contributed by atoms with Gasteiger partial charge in [0.25, 0.3) is 5.56 Å². The molecule has 0 spiro atoms. The van der Waals surface area contributed by atoms with Crippen LogP contribution in [-0.2, 0) is 0 Å². The number of fused-ring (bicyclic) bond motifs is 5. The van der Waals surface area contributed by atoms with Crippen LogP contribution in [0.25, 0.3) is 0 Å². The first-order chi connectivity index (χ1) is 7.70. The molecule has 2 bridgehead atoms. The van der Waals surface area contributed by atoms with Crippen LogP contribution in [-0.4, -0.2) is 12.1 Å². The molecular formula is C12H13NO3. The van der Waals surface area contributed by atoms with Crippen molar-refractivity contribution in [2.24, 2.45) is 0 Å². The van der Waals surface area contributed by atoms with E-state index in [1.807, 2.05) is 0 Å². The average molecular weight is 219 g/mol. The van der Waals surface area contributed by atoms with Gasteiger partial charge in [0.1, 0.15) is 0 Å². The predicted octanol–water partition coefficient (Wildman–Crippen LogP) is 1.11. The SMILES string of the molecule is COc1cc(=O)c2c([nH]c1=O)[C@@H]1CC[C@H]2C1. The van der Waals surface area contributed by atoms with E-state index in [9.17, 15) is 9.59 Å². The quantitative estimate of drug-likeness (QED) is 0.769. The largest absolute Gasteiger partial charge is 0.491 e. The van der Waals surface area contributed by atoms with E-state index in [1.54, 1.807) is 0 Å². The van der Waals surface area contributed by atoms with E-state index in [4.69, 9.17) is 4.74 Å². The number of nitrogens with one attached hydrogen (secondary N) is 1. The first kappa shape index (κ1) is 9.63. The second kappa shape index (κ2) is 3.20. The maximum absolute atomic E-state index is 12.0. The third kappa shape index (κ3) is 1.16. The Morgan fingerprint density at radius 1 is 1.31 bits per heavy atom. The van der Waals surface area contributed by atoms with E-state index in [0.717, 1.165) is 30.5 Å². The highest BCUT2D eigenvalue weighted by Crippen LogP contribution is 2.50. The van der Waals surface area contributed by atoms with Gasteiger partial charge in [0.05, 0.1) is 7.11 Å². The third-order valence-electron chi connectivity index (χ3n) is 3.76. The lowest BCUT2D eigenvalue weighted by atomic mass is 9.97. The smallest absolute Gasteiger partial charge is 0.290 e. The van der Waals surface area contributed by atoms with Crippen LogP contribution in [0, 0.1) is 0 Å². The van der Waals surface area contributed by atoms with Gasteiger partial charge in [-0.25, -0.2) is 0 Å². The summed E-state index contributed by atoms with van der Waals surface area (Å²) in [6.07, 6.45) is 3.17. The van der Waals surface area contributed by atoms with Gasteiger partial charge < -0.3 is 9.72 Å². The molecule has 4 nitrogen and oxygen atoms in total. The molecule has 4 heteroatoms. The summed E-state index contributed by atoms with van der Waals surface area (Å²) in [5, 5.41) is 0. The minimum absolute atomic E-state index is 0.0580. The van der Waals surface area contributed by atoms with Crippen LogP contribution in [0.5, 0.6) is 5.75 Å². The minimum atomic E-state index is -0.298. The van der Waals surface area contributed by atoms with Gasteiger partial charge in [-0.2, -0.15) is 0 Å². The molecule has 2 aliphatic carbocycles. The van der Waals surface area contributed by atoms with Gasteiger partial charge in [0.2, 0.25) is 0 Å². The van der Waals surface area contributed by atoms with Gasteiger partial charge in [0, 0.05) is 23.2 Å². The number of ether oxygens (including phenoxy) is 1. The van der Waals surface area contributed by atoms with E-state index in [2.05, 4.69) is 4.98 Å². The van der Waals surface area contributed by atoms with Gasteiger partial charge in [0.15, 0.2) is 11.2 Å². The molecule has 0 amide bonds. The number of rotatable bonds is 1. The molecule has 1 N–H and O–H groups in total. The zero-order chi connectivity index (χ0) is 11.3. The molecule has 0 unspecified atom stereocenters. The fourth-order valence-corrected chi connectivity index (χ4v) is 3.05. The van der Waals surface area contributed by atoms with Crippen molar-refractivity contribution < 1.29 is 4.74 Å². The maximum atomic E-state index is 12.0. The Balaban J connectivity index is 2.36. The molecule has 0 radical (unpaired) electrons. The summed E-state index contributed by atoms with van der Waals surface area (Å²) in [5.74, 6) is 0.830. The van der Waals surface area contributed by atoms with Gasteiger partial charge in [-0.1, -0.05) is 0 Å². The Morgan fingerprint density at radius 3 is 2.81 bits per heavy atom. The van der Waals surface area contributed by atoms with Crippen LogP contribution in [0.15, 0.2) is 15.7 Å². The summed E-state index contributed by atoms with van der Waals surface area (Å²) in [4.78, 5) is 26.5. The van der Waals surface area contributed by atoms with Crippen molar-refractivity contribution in [2.75, 3.05) is 7.11 Å². The van der Waals surface area contributed by atoms with Crippen molar-refractivity contribution in [3.8, 4) is 5.75 Å². The van der Waals surface area contributed by atoms with Crippen molar-refractivity contribution in [2.45, 2.75) is 31.1 Å². The topological polar surface area (TPSA) is 59.2 Å². The van der Waals surface area contributed by atoms with Crippen LogP contribution in [0.1, 0.15) is 42.4 Å². The van der Waals surface area contributed by atoms with Gasteiger partial charge in [-0.05, 0) is 25.2 Å². The number of methoxy groups -OCH3 is 1. The molecule has 84 valence electrons. The number of hydrogen-bond donors (Lipinski definition) is 1. The molecule has 0 aliphatic heterocycles.